The van der Waals surface area contributed by atoms with Crippen LogP contribution in [-0.2, 0) is 5.41 Å². The first-order chi connectivity index (χ1) is 11.4. The van der Waals surface area contributed by atoms with Crippen LogP contribution >= 0.6 is 0 Å². The Balaban J connectivity index is 2.38. The molecule has 0 saturated carbocycles. The van der Waals surface area contributed by atoms with Gasteiger partial charge in [0, 0.05) is 11.4 Å². The van der Waals surface area contributed by atoms with Gasteiger partial charge in [0.1, 0.15) is 0 Å². The van der Waals surface area contributed by atoms with E-state index in [4.69, 9.17) is 10.5 Å². The quantitative estimate of drug-likeness (QED) is 0.493. The fourth-order valence-electron chi connectivity index (χ4n) is 2.29. The van der Waals surface area contributed by atoms with Crippen molar-refractivity contribution in [2.24, 2.45) is 4.99 Å². The summed E-state index contributed by atoms with van der Waals surface area (Å²) in [6.07, 6.45) is 1.79. The minimum absolute atomic E-state index is 0.124. The van der Waals surface area contributed by atoms with Gasteiger partial charge in [-0.3, -0.25) is 0 Å². The number of hydrogen-bond donors (Lipinski definition) is 2. The molecule has 0 saturated heterocycles. The number of rotatable bonds is 2. The van der Waals surface area contributed by atoms with Crippen molar-refractivity contribution in [3.63, 3.8) is 0 Å². The Morgan fingerprint density at radius 2 is 1.71 bits per heavy atom. The molecule has 0 heterocycles. The van der Waals surface area contributed by atoms with E-state index < -0.39 is 0 Å². The highest BCUT2D eigenvalue weighted by Gasteiger charge is 2.19. The summed E-state index contributed by atoms with van der Waals surface area (Å²) in [5.74, 6) is 0.310. The van der Waals surface area contributed by atoms with Crippen LogP contribution < -0.4 is 10.6 Å². The molecule has 0 radical (unpaired) electrons. The van der Waals surface area contributed by atoms with Crippen LogP contribution in [0.4, 0.5) is 11.4 Å². The molecule has 2 rings (SSSR count). The van der Waals surface area contributed by atoms with Gasteiger partial charge >= 0.3 is 0 Å². The molecule has 120 valence electrons. The zero-order valence-electron chi connectivity index (χ0n) is 14.0. The fourth-order valence-corrected chi connectivity index (χ4v) is 2.29. The van der Waals surface area contributed by atoms with Crippen LogP contribution in [-0.4, -0.2) is 5.96 Å². The summed E-state index contributed by atoms with van der Waals surface area (Å²) in [7, 11) is 0. The summed E-state index contributed by atoms with van der Waals surface area (Å²) in [5, 5.41) is 24.3. The molecule has 0 aromatic heterocycles. The van der Waals surface area contributed by atoms with Crippen molar-refractivity contribution in [1.29, 1.82) is 10.5 Å². The molecule has 0 bridgehead atoms. The Bertz CT molecular complexity index is 818. The highest BCUT2D eigenvalue weighted by molar-refractivity contribution is 6.04. The molecule has 0 aliphatic rings. The summed E-state index contributed by atoms with van der Waals surface area (Å²) in [6.45, 7) is 6.27. The van der Waals surface area contributed by atoms with E-state index in [0.717, 1.165) is 16.9 Å². The third-order valence-corrected chi connectivity index (χ3v) is 3.41. The van der Waals surface area contributed by atoms with Crippen LogP contribution in [0.15, 0.2) is 53.5 Å². The molecule has 5 nitrogen and oxygen atoms in total. The van der Waals surface area contributed by atoms with E-state index in [1.165, 1.54) is 0 Å². The third-order valence-electron chi connectivity index (χ3n) is 3.41. The van der Waals surface area contributed by atoms with Gasteiger partial charge in [0.2, 0.25) is 12.2 Å². The topological polar surface area (TPSA) is 84.0 Å². The average molecular weight is 317 g/mol. The minimum Gasteiger partial charge on any atom is -0.325 e. The summed E-state index contributed by atoms with van der Waals surface area (Å²) < 4.78 is 0. The van der Waals surface area contributed by atoms with Gasteiger partial charge in [0.25, 0.3) is 0 Å². The first-order valence-corrected chi connectivity index (χ1v) is 7.54. The van der Waals surface area contributed by atoms with Gasteiger partial charge in [-0.05, 0) is 35.2 Å². The molecular formula is C19H19N5. The van der Waals surface area contributed by atoms with E-state index in [9.17, 15) is 0 Å². The normalized spacial score (nSPS) is 11.3. The number of benzene rings is 2. The number of aliphatic imine (C=N–C) groups is 1. The van der Waals surface area contributed by atoms with Crippen molar-refractivity contribution >= 4 is 17.3 Å². The molecule has 2 aromatic carbocycles. The molecule has 24 heavy (non-hydrogen) atoms. The van der Waals surface area contributed by atoms with Crippen molar-refractivity contribution in [1.82, 2.24) is 0 Å². The molecule has 0 aliphatic carbocycles. The van der Waals surface area contributed by atoms with Gasteiger partial charge in [-0.25, -0.2) is 0 Å². The smallest absolute Gasteiger partial charge is 0.216 e. The summed E-state index contributed by atoms with van der Waals surface area (Å²) in [4.78, 5) is 3.81. The van der Waals surface area contributed by atoms with E-state index in [2.05, 4.69) is 42.5 Å². The zero-order chi connectivity index (χ0) is 17.6. The van der Waals surface area contributed by atoms with Gasteiger partial charge < -0.3 is 10.6 Å². The molecule has 0 spiro atoms. The second-order valence-electron chi connectivity index (χ2n) is 6.30. The third kappa shape index (κ3) is 4.34. The largest absolute Gasteiger partial charge is 0.325 e. The maximum atomic E-state index is 9.15. The number of nitriles is 2. The van der Waals surface area contributed by atoms with Crippen LogP contribution in [0, 0.1) is 22.8 Å². The lowest BCUT2D eigenvalue weighted by atomic mass is 9.85. The zero-order valence-corrected chi connectivity index (χ0v) is 14.0. The van der Waals surface area contributed by atoms with Crippen molar-refractivity contribution in [3.8, 4) is 12.3 Å². The number of nitrogens with zero attached hydrogens (tertiary/aromatic N) is 3. The number of anilines is 2. The Morgan fingerprint density at radius 1 is 1.00 bits per heavy atom. The lowest BCUT2D eigenvalue weighted by Gasteiger charge is -2.24. The standard InChI is InChI=1S/C19H19N5/c1-19(2,3)16-10-9-14(12-20)11-17(16)24-18(22-13-21)23-15-7-5-4-6-8-15/h4-11H,1-3H3,(H2,22,23,24). The van der Waals surface area contributed by atoms with E-state index in [1.54, 1.807) is 18.3 Å². The van der Waals surface area contributed by atoms with Crippen molar-refractivity contribution < 1.29 is 0 Å². The molecule has 0 fully saturated rings. The van der Waals surface area contributed by atoms with Crippen molar-refractivity contribution in [2.75, 3.05) is 10.6 Å². The second-order valence-corrected chi connectivity index (χ2v) is 6.30. The van der Waals surface area contributed by atoms with E-state index in [-0.39, 0.29) is 5.41 Å². The van der Waals surface area contributed by atoms with Gasteiger partial charge in [-0.15, -0.1) is 4.99 Å². The fraction of sp³-hybridized carbons (Fsp3) is 0.211. The van der Waals surface area contributed by atoms with Crippen LogP contribution in [0.5, 0.6) is 0 Å². The number of nitrogens with one attached hydrogen (secondary N) is 2. The summed E-state index contributed by atoms with van der Waals surface area (Å²) >= 11 is 0. The molecule has 2 aromatic rings. The Kier molecular flexibility index (Phi) is 5.19. The van der Waals surface area contributed by atoms with Crippen LogP contribution in [0.1, 0.15) is 31.9 Å². The highest BCUT2D eigenvalue weighted by atomic mass is 15.2. The Morgan fingerprint density at radius 3 is 2.29 bits per heavy atom. The molecule has 0 unspecified atom stereocenters. The highest BCUT2D eigenvalue weighted by Crippen LogP contribution is 2.30. The van der Waals surface area contributed by atoms with Crippen molar-refractivity contribution in [3.05, 3.63) is 59.7 Å². The average Bonchev–Trinajstić information content (AvgIpc) is 2.55. The van der Waals surface area contributed by atoms with Crippen LogP contribution in [0.25, 0.3) is 0 Å². The Labute approximate surface area is 142 Å². The number of hydrogen-bond acceptors (Lipinski definition) is 3. The Hall–Kier alpha value is -3.31. The molecule has 0 aliphatic heterocycles. The van der Waals surface area contributed by atoms with Gasteiger partial charge in [0.15, 0.2) is 0 Å². The van der Waals surface area contributed by atoms with Crippen LogP contribution in [0.2, 0.25) is 0 Å². The lowest BCUT2D eigenvalue weighted by molar-refractivity contribution is 0.592. The molecule has 0 amide bonds. The van der Waals surface area contributed by atoms with Crippen molar-refractivity contribution in [2.45, 2.75) is 26.2 Å². The summed E-state index contributed by atoms with van der Waals surface area (Å²) in [5.41, 5.74) is 3.01. The van der Waals surface area contributed by atoms with E-state index in [0.29, 0.717) is 11.5 Å². The van der Waals surface area contributed by atoms with Crippen LogP contribution in [0.3, 0.4) is 0 Å². The lowest BCUT2D eigenvalue weighted by Crippen LogP contribution is -2.24. The molecular weight excluding hydrogens is 298 g/mol. The van der Waals surface area contributed by atoms with E-state index >= 15 is 0 Å². The predicted molar refractivity (Wildman–Crippen MR) is 96.6 cm³/mol. The first kappa shape index (κ1) is 17.1. The predicted octanol–water partition coefficient (Wildman–Crippen LogP) is 4.22. The van der Waals surface area contributed by atoms with Gasteiger partial charge in [0.05, 0.1) is 11.6 Å². The number of para-hydroxylation sites is 1. The second kappa shape index (κ2) is 7.30. The molecule has 0 atom stereocenters. The SMILES string of the molecule is CC(C)(C)c1ccc(C#N)cc1N/C(=N\C#N)Nc1ccccc1. The molecule has 5 heteroatoms. The first-order valence-electron chi connectivity index (χ1n) is 7.54. The van der Waals surface area contributed by atoms with Gasteiger partial charge in [-0.2, -0.15) is 10.5 Å². The maximum absolute atomic E-state index is 9.15. The summed E-state index contributed by atoms with van der Waals surface area (Å²) in [6, 6.07) is 17.1. The molecule has 2 N–H and O–H groups in total. The minimum atomic E-state index is -0.124. The van der Waals surface area contributed by atoms with Gasteiger partial charge in [-0.1, -0.05) is 45.0 Å². The maximum Gasteiger partial charge on any atom is 0.216 e. The monoisotopic (exact) mass is 317 g/mol. The number of guanidine groups is 1. The van der Waals surface area contributed by atoms with E-state index in [1.807, 2.05) is 36.4 Å².